The van der Waals surface area contributed by atoms with Crippen molar-refractivity contribution in [2.45, 2.75) is 51.7 Å². The van der Waals surface area contributed by atoms with E-state index in [1.165, 1.54) is 11.5 Å². The third-order valence-corrected chi connectivity index (χ3v) is 6.44. The van der Waals surface area contributed by atoms with E-state index in [0.717, 1.165) is 48.1 Å². The Bertz CT molecular complexity index is 1030. The fourth-order valence-corrected chi connectivity index (χ4v) is 4.44. The van der Waals surface area contributed by atoms with E-state index in [2.05, 4.69) is 24.6 Å². The molecule has 4 rings (SSSR count). The largest absolute Gasteiger partial charge is 0.384 e. The molecule has 0 amide bonds. The van der Waals surface area contributed by atoms with E-state index >= 15 is 0 Å². The molecule has 9 heteroatoms. The molecule has 3 heterocycles. The second-order valence-corrected chi connectivity index (χ2v) is 9.63. The van der Waals surface area contributed by atoms with Crippen LogP contribution < -0.4 is 10.2 Å². The summed E-state index contributed by atoms with van der Waals surface area (Å²) >= 11 is 7.46. The van der Waals surface area contributed by atoms with Gasteiger partial charge in [0.2, 0.25) is 11.1 Å². The Morgan fingerprint density at radius 3 is 2.48 bits per heavy atom. The smallest absolute Gasteiger partial charge is 0.223 e. The maximum absolute atomic E-state index is 10.6. The Balaban J connectivity index is 1.47. The van der Waals surface area contributed by atoms with Crippen LogP contribution in [0.3, 0.4) is 0 Å². The molecule has 0 radical (unpaired) electrons. The predicted molar refractivity (Wildman–Crippen MR) is 125 cm³/mol. The molecule has 2 N–H and O–H groups in total. The van der Waals surface area contributed by atoms with Gasteiger partial charge in [0.1, 0.15) is 11.4 Å². The van der Waals surface area contributed by atoms with Crippen LogP contribution in [0, 0.1) is 6.92 Å². The number of aliphatic hydroxyl groups is 1. The molecule has 2 aromatic heterocycles. The van der Waals surface area contributed by atoms with Crippen molar-refractivity contribution < 1.29 is 5.11 Å². The van der Waals surface area contributed by atoms with E-state index < -0.39 is 5.60 Å². The molecule has 0 saturated carbocycles. The zero-order valence-corrected chi connectivity index (χ0v) is 19.5. The fraction of sp³-hybridized carbons (Fsp3) is 0.455. The third-order valence-electron chi connectivity index (χ3n) is 5.32. The van der Waals surface area contributed by atoms with Crippen molar-refractivity contribution >= 4 is 34.2 Å². The second kappa shape index (κ2) is 9.06. The number of piperidine rings is 1. The first-order chi connectivity index (χ1) is 14.8. The van der Waals surface area contributed by atoms with E-state index in [-0.39, 0.29) is 6.04 Å². The first-order valence-electron chi connectivity index (χ1n) is 10.4. The molecule has 7 nitrogen and oxygen atoms in total. The molecule has 31 heavy (non-hydrogen) atoms. The van der Waals surface area contributed by atoms with Crippen molar-refractivity contribution in [1.82, 2.24) is 19.3 Å². The van der Waals surface area contributed by atoms with Crippen LogP contribution >= 0.6 is 23.1 Å². The Morgan fingerprint density at radius 1 is 1.16 bits per heavy atom. The maximum Gasteiger partial charge on any atom is 0.223 e. The number of aromatic nitrogens is 4. The summed E-state index contributed by atoms with van der Waals surface area (Å²) in [5, 5.41) is 15.7. The zero-order valence-electron chi connectivity index (χ0n) is 18.0. The highest BCUT2D eigenvalue weighted by atomic mass is 35.5. The van der Waals surface area contributed by atoms with Crippen LogP contribution in [0.25, 0.3) is 0 Å². The van der Waals surface area contributed by atoms with Gasteiger partial charge in [0, 0.05) is 42.1 Å². The molecule has 1 fully saturated rings. The summed E-state index contributed by atoms with van der Waals surface area (Å²) in [6, 6.07) is 9.88. The minimum absolute atomic E-state index is 0.269. The highest BCUT2D eigenvalue weighted by molar-refractivity contribution is 7.09. The number of rotatable bonds is 6. The zero-order chi connectivity index (χ0) is 22.0. The van der Waals surface area contributed by atoms with Crippen molar-refractivity contribution in [2.75, 3.05) is 23.3 Å². The summed E-state index contributed by atoms with van der Waals surface area (Å²) in [7, 11) is 0. The molecule has 1 aliphatic rings. The number of anilines is 2. The van der Waals surface area contributed by atoms with Gasteiger partial charge < -0.3 is 15.3 Å². The molecule has 0 unspecified atom stereocenters. The van der Waals surface area contributed by atoms with Gasteiger partial charge in [0.25, 0.3) is 0 Å². The van der Waals surface area contributed by atoms with Crippen LogP contribution in [-0.4, -0.2) is 43.6 Å². The minimum atomic E-state index is -1.05. The summed E-state index contributed by atoms with van der Waals surface area (Å²) in [6.07, 6.45) is 2.56. The van der Waals surface area contributed by atoms with Crippen LogP contribution in [0.4, 0.5) is 11.1 Å². The number of hydrogen-bond acceptors (Lipinski definition) is 8. The van der Waals surface area contributed by atoms with Crippen LogP contribution in [0.5, 0.6) is 0 Å². The van der Waals surface area contributed by atoms with Crippen molar-refractivity contribution in [3.63, 3.8) is 0 Å². The lowest BCUT2D eigenvalue weighted by molar-refractivity contribution is 0.0737. The van der Waals surface area contributed by atoms with E-state index in [1.54, 1.807) is 13.8 Å². The van der Waals surface area contributed by atoms with Gasteiger partial charge in [0.15, 0.2) is 0 Å². The molecular weight excluding hydrogens is 432 g/mol. The molecular formula is C22H27ClN6OS. The normalized spacial score (nSPS) is 15.3. The Kier molecular flexibility index (Phi) is 6.41. The van der Waals surface area contributed by atoms with Crippen LogP contribution in [0.2, 0.25) is 5.02 Å². The third kappa shape index (κ3) is 5.70. The number of aryl methyl sites for hydroxylation is 1. The average molecular weight is 459 g/mol. The monoisotopic (exact) mass is 458 g/mol. The van der Waals surface area contributed by atoms with Gasteiger partial charge in [-0.15, -0.1) is 0 Å². The Labute approximate surface area is 191 Å². The molecule has 0 atom stereocenters. The number of nitrogens with zero attached hydrogens (tertiary/aromatic N) is 5. The standard InChI is InChI=1S/C22H27ClN6OS/c1-14-24-21(31-28-14)29-10-8-17(9-11-29)25-20-26-18(13-19(27-20)22(2,3)30)12-15-4-6-16(23)7-5-15/h4-7,13,17,30H,8-12H2,1-3H3,(H,25,26,27). The second-order valence-electron chi connectivity index (χ2n) is 8.46. The lowest BCUT2D eigenvalue weighted by Gasteiger charge is -2.32. The molecule has 3 aromatic rings. The minimum Gasteiger partial charge on any atom is -0.384 e. The van der Waals surface area contributed by atoms with Crippen LogP contribution in [-0.2, 0) is 12.0 Å². The van der Waals surface area contributed by atoms with Gasteiger partial charge >= 0.3 is 0 Å². The first-order valence-corrected chi connectivity index (χ1v) is 11.6. The lowest BCUT2D eigenvalue weighted by atomic mass is 10.0. The van der Waals surface area contributed by atoms with Crippen LogP contribution in [0.15, 0.2) is 30.3 Å². The molecule has 0 aliphatic carbocycles. The van der Waals surface area contributed by atoms with Gasteiger partial charge in [0.05, 0.1) is 11.4 Å². The number of nitrogens with one attached hydrogen (secondary N) is 1. The van der Waals surface area contributed by atoms with Crippen molar-refractivity contribution in [1.29, 1.82) is 0 Å². The summed E-state index contributed by atoms with van der Waals surface area (Å²) < 4.78 is 4.28. The van der Waals surface area contributed by atoms with Crippen molar-refractivity contribution in [3.05, 3.63) is 58.1 Å². The van der Waals surface area contributed by atoms with Gasteiger partial charge in [-0.05, 0) is 57.4 Å². The average Bonchev–Trinajstić information content (AvgIpc) is 3.16. The van der Waals surface area contributed by atoms with E-state index in [4.69, 9.17) is 16.6 Å². The predicted octanol–water partition coefficient (Wildman–Crippen LogP) is 4.19. The van der Waals surface area contributed by atoms with Gasteiger partial charge in [-0.1, -0.05) is 23.7 Å². The van der Waals surface area contributed by atoms with E-state index in [0.29, 0.717) is 23.1 Å². The topological polar surface area (TPSA) is 87.1 Å². The molecule has 1 aliphatic heterocycles. The summed E-state index contributed by atoms with van der Waals surface area (Å²) in [6.45, 7) is 7.23. The number of hydrogen-bond donors (Lipinski definition) is 2. The molecule has 0 bridgehead atoms. The van der Waals surface area contributed by atoms with E-state index in [1.807, 2.05) is 37.3 Å². The SMILES string of the molecule is Cc1nsc(N2CCC(Nc3nc(Cc4ccc(Cl)cc4)cc(C(C)(C)O)n3)CC2)n1. The molecule has 0 spiro atoms. The van der Waals surface area contributed by atoms with Crippen molar-refractivity contribution in [3.8, 4) is 0 Å². The van der Waals surface area contributed by atoms with Crippen LogP contribution in [0.1, 0.15) is 49.5 Å². The van der Waals surface area contributed by atoms with Crippen molar-refractivity contribution in [2.24, 2.45) is 0 Å². The number of benzene rings is 1. The van der Waals surface area contributed by atoms with Gasteiger partial charge in [-0.3, -0.25) is 0 Å². The summed E-state index contributed by atoms with van der Waals surface area (Å²) in [5.41, 5.74) is 1.53. The quantitative estimate of drug-likeness (QED) is 0.572. The highest BCUT2D eigenvalue weighted by Crippen LogP contribution is 2.25. The molecule has 1 aromatic carbocycles. The summed E-state index contributed by atoms with van der Waals surface area (Å²) in [5.74, 6) is 1.39. The van der Waals surface area contributed by atoms with Gasteiger partial charge in [-0.2, -0.15) is 4.37 Å². The fourth-order valence-electron chi connectivity index (χ4n) is 3.59. The lowest BCUT2D eigenvalue weighted by Crippen LogP contribution is -2.39. The number of halogens is 1. The Morgan fingerprint density at radius 2 is 1.87 bits per heavy atom. The summed E-state index contributed by atoms with van der Waals surface area (Å²) in [4.78, 5) is 16.1. The molecule has 164 valence electrons. The molecule has 1 saturated heterocycles. The highest BCUT2D eigenvalue weighted by Gasteiger charge is 2.24. The van der Waals surface area contributed by atoms with E-state index in [9.17, 15) is 5.11 Å². The Hall–Kier alpha value is -2.29. The first kappa shape index (κ1) is 21.9. The maximum atomic E-state index is 10.6. The van der Waals surface area contributed by atoms with Gasteiger partial charge in [-0.25, -0.2) is 15.0 Å².